The number of halogens is 1. The zero-order chi connectivity index (χ0) is 21.6. The largest absolute Gasteiger partial charge is 0.340 e. The van der Waals surface area contributed by atoms with Crippen LogP contribution in [-0.4, -0.2) is 46.7 Å². The number of fused-ring (bicyclic) bond motifs is 1. The predicted molar refractivity (Wildman–Crippen MR) is 133 cm³/mol. The van der Waals surface area contributed by atoms with Crippen LogP contribution in [-0.2, 0) is 0 Å². The molecule has 2 heterocycles. The molecule has 0 saturated carbocycles. The van der Waals surface area contributed by atoms with E-state index in [9.17, 15) is 0 Å². The van der Waals surface area contributed by atoms with Crippen molar-refractivity contribution in [2.75, 3.05) is 32.5 Å². The van der Waals surface area contributed by atoms with Gasteiger partial charge in [0.25, 0.3) is 0 Å². The molecule has 8 heteroatoms. The number of anilines is 2. The van der Waals surface area contributed by atoms with Crippen molar-refractivity contribution < 1.29 is 0 Å². The average molecular weight is 497 g/mol. The smallest absolute Gasteiger partial charge is 0.172 e. The minimum absolute atomic E-state index is 0.776. The second-order valence-corrected chi connectivity index (χ2v) is 9.24. The van der Waals surface area contributed by atoms with E-state index in [-0.39, 0.29) is 0 Å². The number of hydrogen-bond acceptors (Lipinski definition) is 6. The number of rotatable bonds is 9. The lowest BCUT2D eigenvalue weighted by Gasteiger charge is -2.12. The highest BCUT2D eigenvalue weighted by molar-refractivity contribution is 9.10. The van der Waals surface area contributed by atoms with Gasteiger partial charge in [0.1, 0.15) is 5.82 Å². The van der Waals surface area contributed by atoms with E-state index in [4.69, 9.17) is 4.98 Å². The van der Waals surface area contributed by atoms with Crippen LogP contribution in [0.25, 0.3) is 16.9 Å². The zero-order valence-corrected chi connectivity index (χ0v) is 19.9. The van der Waals surface area contributed by atoms with Crippen LogP contribution in [0.4, 0.5) is 11.5 Å². The molecule has 0 atom stereocenters. The first kappa shape index (κ1) is 21.8. The molecule has 0 aliphatic carbocycles. The highest BCUT2D eigenvalue weighted by Gasteiger charge is 2.12. The van der Waals surface area contributed by atoms with Crippen LogP contribution < -0.4 is 10.0 Å². The van der Waals surface area contributed by atoms with Crippen LogP contribution in [0.3, 0.4) is 0 Å². The molecule has 0 spiro atoms. The normalized spacial score (nSPS) is 11.4. The van der Waals surface area contributed by atoms with Crippen molar-refractivity contribution in [1.82, 2.24) is 24.2 Å². The summed E-state index contributed by atoms with van der Waals surface area (Å²) >= 11 is 5.22. The summed E-state index contributed by atoms with van der Waals surface area (Å²) in [4.78, 5) is 8.16. The van der Waals surface area contributed by atoms with E-state index < -0.39 is 0 Å². The fraction of sp³-hybridized carbons (Fsp3) is 0.217. The molecule has 0 aliphatic rings. The quantitative estimate of drug-likeness (QED) is 0.237. The Morgan fingerprint density at radius 2 is 1.84 bits per heavy atom. The summed E-state index contributed by atoms with van der Waals surface area (Å²) < 4.78 is 6.09. The molecule has 0 amide bonds. The number of nitrogens with zero attached hydrogens (tertiary/aromatic N) is 4. The number of aromatic nitrogens is 3. The molecule has 0 fully saturated rings. The van der Waals surface area contributed by atoms with Crippen LogP contribution in [0.2, 0.25) is 0 Å². The first-order valence-corrected chi connectivity index (χ1v) is 11.7. The van der Waals surface area contributed by atoms with E-state index in [1.165, 1.54) is 4.90 Å². The van der Waals surface area contributed by atoms with Crippen LogP contribution in [0, 0.1) is 0 Å². The molecule has 31 heavy (non-hydrogen) atoms. The van der Waals surface area contributed by atoms with Gasteiger partial charge in [0.05, 0.1) is 16.4 Å². The Kier molecular flexibility index (Phi) is 7.24. The Morgan fingerprint density at radius 1 is 1.06 bits per heavy atom. The van der Waals surface area contributed by atoms with Gasteiger partial charge in [0.15, 0.2) is 5.65 Å². The maximum Gasteiger partial charge on any atom is 0.172 e. The predicted octanol–water partition coefficient (Wildman–Crippen LogP) is 5.45. The first-order chi connectivity index (χ1) is 15.1. The molecule has 4 rings (SSSR count). The van der Waals surface area contributed by atoms with E-state index in [0.717, 1.165) is 52.4 Å². The third-order valence-electron chi connectivity index (χ3n) is 4.70. The Labute approximate surface area is 195 Å². The highest BCUT2D eigenvalue weighted by Crippen LogP contribution is 2.28. The third kappa shape index (κ3) is 5.65. The van der Waals surface area contributed by atoms with Gasteiger partial charge in [-0.3, -0.25) is 4.72 Å². The Hall–Kier alpha value is -2.39. The van der Waals surface area contributed by atoms with Crippen molar-refractivity contribution in [3.8, 4) is 11.3 Å². The minimum atomic E-state index is 0.776. The summed E-state index contributed by atoms with van der Waals surface area (Å²) in [5.74, 6) is 0.858. The first-order valence-electron chi connectivity index (χ1n) is 10.1. The molecule has 0 radical (unpaired) electrons. The molecular weight excluding hydrogens is 472 g/mol. The highest BCUT2D eigenvalue weighted by atomic mass is 79.9. The lowest BCUT2D eigenvalue weighted by molar-refractivity contribution is 0.401. The summed E-state index contributed by atoms with van der Waals surface area (Å²) in [5, 5.41) is 7.96. The molecular formula is C23H25BrN6S. The van der Waals surface area contributed by atoms with Crippen molar-refractivity contribution in [3.05, 3.63) is 71.3 Å². The Bertz CT molecular complexity index is 1130. The summed E-state index contributed by atoms with van der Waals surface area (Å²) in [6.45, 7) is 2.07. The zero-order valence-electron chi connectivity index (χ0n) is 17.5. The van der Waals surface area contributed by atoms with Gasteiger partial charge >= 0.3 is 0 Å². The molecule has 2 aromatic carbocycles. The lowest BCUT2D eigenvalue weighted by atomic mass is 10.1. The SMILES string of the molecule is CN(C)CCCNSc1ccc(Nc2cc(-c3ccccc3)nc3c(Br)cnn23)cc1. The van der Waals surface area contributed by atoms with Gasteiger partial charge < -0.3 is 10.2 Å². The molecule has 4 aromatic rings. The van der Waals surface area contributed by atoms with Crippen molar-refractivity contribution >= 4 is 45.0 Å². The van der Waals surface area contributed by atoms with Gasteiger partial charge in [-0.25, -0.2) is 4.98 Å². The van der Waals surface area contributed by atoms with E-state index >= 15 is 0 Å². The van der Waals surface area contributed by atoms with Crippen molar-refractivity contribution in [3.63, 3.8) is 0 Å². The molecule has 2 N–H and O–H groups in total. The van der Waals surface area contributed by atoms with Crippen LogP contribution in [0.15, 0.2) is 76.2 Å². The maximum atomic E-state index is 4.78. The van der Waals surface area contributed by atoms with Gasteiger partial charge in [-0.2, -0.15) is 9.61 Å². The number of hydrogen-bond donors (Lipinski definition) is 2. The molecule has 160 valence electrons. The molecule has 0 aliphatic heterocycles. The minimum Gasteiger partial charge on any atom is -0.340 e. The summed E-state index contributed by atoms with van der Waals surface area (Å²) in [6.07, 6.45) is 2.89. The molecule has 6 nitrogen and oxygen atoms in total. The fourth-order valence-corrected chi connectivity index (χ4v) is 4.17. The maximum absolute atomic E-state index is 4.78. The standard InChI is InChI=1S/C23H25BrN6S/c1-29(2)14-6-13-26-31-19-11-9-18(10-12-19)27-22-15-21(17-7-4-3-5-8-17)28-23-20(24)16-25-30(22)23/h3-5,7-12,15-16,26-27H,6,13-14H2,1-2H3. The van der Waals surface area contributed by atoms with Gasteiger partial charge in [0.2, 0.25) is 0 Å². The van der Waals surface area contributed by atoms with E-state index in [2.05, 4.69) is 86.5 Å². The van der Waals surface area contributed by atoms with Gasteiger partial charge in [-0.15, -0.1) is 0 Å². The van der Waals surface area contributed by atoms with Crippen molar-refractivity contribution in [1.29, 1.82) is 0 Å². The topological polar surface area (TPSA) is 57.5 Å². The summed E-state index contributed by atoms with van der Waals surface area (Å²) in [5.41, 5.74) is 3.73. The fourth-order valence-electron chi connectivity index (χ4n) is 3.14. The van der Waals surface area contributed by atoms with E-state index in [1.807, 2.05) is 28.8 Å². The lowest BCUT2D eigenvalue weighted by Crippen LogP contribution is -2.17. The monoisotopic (exact) mass is 496 g/mol. The average Bonchev–Trinajstić information content (AvgIpc) is 3.16. The van der Waals surface area contributed by atoms with Crippen molar-refractivity contribution in [2.45, 2.75) is 11.3 Å². The second-order valence-electron chi connectivity index (χ2n) is 7.42. The van der Waals surface area contributed by atoms with Crippen LogP contribution in [0.1, 0.15) is 6.42 Å². The Balaban J connectivity index is 1.49. The molecule has 0 saturated heterocycles. The molecule has 0 bridgehead atoms. The number of nitrogens with one attached hydrogen (secondary N) is 2. The summed E-state index contributed by atoms with van der Waals surface area (Å²) in [7, 11) is 4.19. The van der Waals surface area contributed by atoms with Crippen LogP contribution >= 0.6 is 27.9 Å². The van der Waals surface area contributed by atoms with Gasteiger partial charge in [0, 0.05) is 28.8 Å². The van der Waals surface area contributed by atoms with E-state index in [0.29, 0.717) is 0 Å². The third-order valence-corrected chi connectivity index (χ3v) is 6.11. The summed E-state index contributed by atoms with van der Waals surface area (Å²) in [6, 6.07) is 20.6. The van der Waals surface area contributed by atoms with Gasteiger partial charge in [-0.1, -0.05) is 30.3 Å². The molecule has 2 aromatic heterocycles. The Morgan fingerprint density at radius 3 is 2.58 bits per heavy atom. The van der Waals surface area contributed by atoms with Crippen LogP contribution in [0.5, 0.6) is 0 Å². The van der Waals surface area contributed by atoms with Gasteiger partial charge in [-0.05, 0) is 79.2 Å². The molecule has 0 unspecified atom stereocenters. The van der Waals surface area contributed by atoms with Crippen molar-refractivity contribution in [2.24, 2.45) is 0 Å². The second kappa shape index (κ2) is 10.3. The van der Waals surface area contributed by atoms with E-state index in [1.54, 1.807) is 18.1 Å². The number of benzene rings is 2.